The number of rotatable bonds is 1. The van der Waals surface area contributed by atoms with Gasteiger partial charge in [-0.1, -0.05) is 23.2 Å². The Hall–Kier alpha value is -0.970. The molecule has 3 N–H and O–H groups in total. The van der Waals surface area contributed by atoms with E-state index < -0.39 is 6.10 Å². The standard InChI is InChI=1S/C10H10Cl2N2O2/c11-7-1-5(13)2-8(12)10(7)14-4-6(15)3-9(14)16/h1-2,6,15H,3-4,13H2. The van der Waals surface area contributed by atoms with E-state index in [2.05, 4.69) is 0 Å². The van der Waals surface area contributed by atoms with E-state index in [9.17, 15) is 9.90 Å². The lowest BCUT2D eigenvalue weighted by molar-refractivity contribution is -0.117. The summed E-state index contributed by atoms with van der Waals surface area (Å²) in [7, 11) is 0. The summed E-state index contributed by atoms with van der Waals surface area (Å²) in [6, 6.07) is 3.06. The van der Waals surface area contributed by atoms with E-state index in [0.29, 0.717) is 21.4 Å². The molecule has 1 aromatic rings. The van der Waals surface area contributed by atoms with Crippen molar-refractivity contribution in [3.05, 3.63) is 22.2 Å². The largest absolute Gasteiger partial charge is 0.399 e. The Labute approximate surface area is 103 Å². The van der Waals surface area contributed by atoms with Crippen molar-refractivity contribution in [3.63, 3.8) is 0 Å². The van der Waals surface area contributed by atoms with E-state index in [1.54, 1.807) is 0 Å². The van der Waals surface area contributed by atoms with E-state index in [0.717, 1.165) is 0 Å². The molecular weight excluding hydrogens is 251 g/mol. The van der Waals surface area contributed by atoms with Gasteiger partial charge in [0.15, 0.2) is 0 Å². The van der Waals surface area contributed by atoms with Gasteiger partial charge in [-0.25, -0.2) is 0 Å². The minimum absolute atomic E-state index is 0.0943. The predicted molar refractivity (Wildman–Crippen MR) is 63.9 cm³/mol. The summed E-state index contributed by atoms with van der Waals surface area (Å²) in [5.74, 6) is -0.193. The molecule has 1 saturated heterocycles. The number of benzene rings is 1. The maximum absolute atomic E-state index is 11.6. The van der Waals surface area contributed by atoms with Crippen molar-refractivity contribution < 1.29 is 9.90 Å². The van der Waals surface area contributed by atoms with Gasteiger partial charge in [-0.15, -0.1) is 0 Å². The molecule has 1 aromatic carbocycles. The Morgan fingerprint density at radius 1 is 1.38 bits per heavy atom. The number of hydrogen-bond donors (Lipinski definition) is 2. The smallest absolute Gasteiger partial charge is 0.229 e. The molecule has 2 rings (SSSR count). The van der Waals surface area contributed by atoms with Crippen LogP contribution < -0.4 is 10.6 Å². The number of nitrogens with two attached hydrogens (primary N) is 1. The number of anilines is 2. The van der Waals surface area contributed by atoms with Crippen LogP contribution in [0.15, 0.2) is 12.1 Å². The number of halogens is 2. The molecule has 1 fully saturated rings. The third-order valence-electron chi connectivity index (χ3n) is 2.41. The minimum atomic E-state index is -0.669. The normalized spacial score (nSPS) is 20.6. The molecule has 1 unspecified atom stereocenters. The number of hydrogen-bond acceptors (Lipinski definition) is 3. The predicted octanol–water partition coefficient (Wildman–Crippen LogP) is 1.67. The van der Waals surface area contributed by atoms with Crippen molar-refractivity contribution >= 4 is 40.5 Å². The van der Waals surface area contributed by atoms with Crippen molar-refractivity contribution in [2.75, 3.05) is 17.2 Å². The van der Waals surface area contributed by atoms with Gasteiger partial charge in [-0.3, -0.25) is 4.79 Å². The third-order valence-corrected chi connectivity index (χ3v) is 2.99. The van der Waals surface area contributed by atoms with E-state index >= 15 is 0 Å². The molecule has 0 aromatic heterocycles. The first-order valence-corrected chi connectivity index (χ1v) is 5.47. The highest BCUT2D eigenvalue weighted by molar-refractivity contribution is 6.40. The molecule has 0 bridgehead atoms. The van der Waals surface area contributed by atoms with E-state index in [1.165, 1.54) is 17.0 Å². The second-order valence-corrected chi connectivity index (χ2v) is 4.51. The zero-order chi connectivity index (χ0) is 11.9. The van der Waals surface area contributed by atoms with Crippen LogP contribution in [0.25, 0.3) is 0 Å². The summed E-state index contributed by atoms with van der Waals surface area (Å²) < 4.78 is 0. The highest BCUT2D eigenvalue weighted by Gasteiger charge is 2.31. The summed E-state index contributed by atoms with van der Waals surface area (Å²) in [5.41, 5.74) is 6.42. The van der Waals surface area contributed by atoms with Crippen LogP contribution in [0.3, 0.4) is 0 Å². The van der Waals surface area contributed by atoms with Gasteiger partial charge in [-0.2, -0.15) is 0 Å². The highest BCUT2D eigenvalue weighted by atomic mass is 35.5. The summed E-state index contributed by atoms with van der Waals surface area (Å²) in [5, 5.41) is 10.0. The van der Waals surface area contributed by atoms with Gasteiger partial charge >= 0.3 is 0 Å². The quantitative estimate of drug-likeness (QED) is 0.756. The van der Waals surface area contributed by atoms with Gasteiger partial charge < -0.3 is 15.7 Å². The Morgan fingerprint density at radius 2 is 1.94 bits per heavy atom. The molecular formula is C10H10Cl2N2O2. The van der Waals surface area contributed by atoms with Gasteiger partial charge in [-0.05, 0) is 12.1 Å². The highest BCUT2D eigenvalue weighted by Crippen LogP contribution is 2.37. The van der Waals surface area contributed by atoms with Crippen LogP contribution in [0.5, 0.6) is 0 Å². The van der Waals surface area contributed by atoms with Crippen molar-refractivity contribution in [3.8, 4) is 0 Å². The lowest BCUT2D eigenvalue weighted by Gasteiger charge is -2.19. The number of carbonyl (C=O) groups excluding carboxylic acids is 1. The third kappa shape index (κ3) is 1.96. The molecule has 0 aliphatic carbocycles. The van der Waals surface area contributed by atoms with Gasteiger partial charge in [0.25, 0.3) is 0 Å². The van der Waals surface area contributed by atoms with Crippen LogP contribution in [0.4, 0.5) is 11.4 Å². The van der Waals surface area contributed by atoms with Gasteiger partial charge in [0.1, 0.15) is 0 Å². The Kier molecular flexibility index (Phi) is 2.97. The summed E-state index contributed by atoms with van der Waals surface area (Å²) >= 11 is 12.0. The zero-order valence-corrected chi connectivity index (χ0v) is 9.79. The topological polar surface area (TPSA) is 66.6 Å². The molecule has 0 radical (unpaired) electrons. The molecule has 4 nitrogen and oxygen atoms in total. The maximum Gasteiger partial charge on any atom is 0.229 e. The molecule has 1 aliphatic heterocycles. The number of carbonyl (C=O) groups is 1. The number of β-amino-alcohol motifs (C(OH)–C–C–N with tert-alkyl or cyclic N) is 1. The number of aliphatic hydroxyl groups is 1. The van der Waals surface area contributed by atoms with E-state index in [1.807, 2.05) is 0 Å². The average Bonchev–Trinajstić information content (AvgIpc) is 2.43. The molecule has 16 heavy (non-hydrogen) atoms. The fourth-order valence-corrected chi connectivity index (χ4v) is 2.46. The molecule has 6 heteroatoms. The summed E-state index contributed by atoms with van der Waals surface area (Å²) in [4.78, 5) is 13.0. The van der Waals surface area contributed by atoms with Crippen LogP contribution >= 0.6 is 23.2 Å². The van der Waals surface area contributed by atoms with Crippen LogP contribution in [-0.2, 0) is 4.79 Å². The molecule has 1 amide bonds. The second kappa shape index (κ2) is 4.13. The molecule has 0 saturated carbocycles. The first-order chi connectivity index (χ1) is 7.49. The number of aliphatic hydroxyl groups excluding tert-OH is 1. The first kappa shape index (κ1) is 11.5. The monoisotopic (exact) mass is 260 g/mol. The second-order valence-electron chi connectivity index (χ2n) is 3.70. The van der Waals surface area contributed by atoms with Gasteiger partial charge in [0.2, 0.25) is 5.91 Å². The van der Waals surface area contributed by atoms with Gasteiger partial charge in [0, 0.05) is 5.69 Å². The molecule has 1 heterocycles. The lowest BCUT2D eigenvalue weighted by atomic mass is 10.2. The Morgan fingerprint density at radius 3 is 2.38 bits per heavy atom. The van der Waals surface area contributed by atoms with Gasteiger partial charge in [0.05, 0.1) is 34.8 Å². The number of nitrogens with zero attached hydrogens (tertiary/aromatic N) is 1. The van der Waals surface area contributed by atoms with Crippen LogP contribution in [0, 0.1) is 0 Å². The summed E-state index contributed by atoms with van der Waals surface area (Å²) in [6.45, 7) is 0.211. The Bertz CT molecular complexity index is 427. The molecule has 0 spiro atoms. The number of nitrogen functional groups attached to an aromatic ring is 1. The van der Waals surface area contributed by atoms with E-state index in [4.69, 9.17) is 28.9 Å². The fraction of sp³-hybridized carbons (Fsp3) is 0.300. The van der Waals surface area contributed by atoms with Crippen molar-refractivity contribution in [1.29, 1.82) is 0 Å². The zero-order valence-electron chi connectivity index (χ0n) is 8.28. The molecule has 1 aliphatic rings. The van der Waals surface area contributed by atoms with E-state index in [-0.39, 0.29) is 18.9 Å². The fourth-order valence-electron chi connectivity index (χ4n) is 1.75. The maximum atomic E-state index is 11.6. The Balaban J connectivity index is 2.44. The minimum Gasteiger partial charge on any atom is -0.399 e. The van der Waals surface area contributed by atoms with Crippen LogP contribution in [0.1, 0.15) is 6.42 Å². The number of amides is 1. The molecule has 86 valence electrons. The van der Waals surface area contributed by atoms with Crippen molar-refractivity contribution in [1.82, 2.24) is 0 Å². The average molecular weight is 261 g/mol. The lowest BCUT2D eigenvalue weighted by Crippen LogP contribution is -2.25. The first-order valence-electron chi connectivity index (χ1n) is 4.72. The van der Waals surface area contributed by atoms with Crippen molar-refractivity contribution in [2.24, 2.45) is 0 Å². The van der Waals surface area contributed by atoms with Crippen LogP contribution in [0.2, 0.25) is 10.0 Å². The SMILES string of the molecule is Nc1cc(Cl)c(N2CC(O)CC2=O)c(Cl)c1. The van der Waals surface area contributed by atoms with Crippen LogP contribution in [-0.4, -0.2) is 23.7 Å². The summed E-state index contributed by atoms with van der Waals surface area (Å²) in [6.07, 6.45) is -0.575. The van der Waals surface area contributed by atoms with Crippen molar-refractivity contribution in [2.45, 2.75) is 12.5 Å². The molecule has 1 atom stereocenters.